The second-order valence-corrected chi connectivity index (χ2v) is 5.45. The summed E-state index contributed by atoms with van der Waals surface area (Å²) in [6, 6.07) is 6.65. The summed E-state index contributed by atoms with van der Waals surface area (Å²) in [5, 5.41) is 3.61. The molecule has 0 radical (unpaired) electrons. The monoisotopic (exact) mass is 268 g/mol. The van der Waals surface area contributed by atoms with E-state index in [2.05, 4.69) is 57.1 Å². The van der Waals surface area contributed by atoms with Crippen LogP contribution in [0.2, 0.25) is 0 Å². The molecule has 0 fully saturated rings. The maximum Gasteiger partial charge on any atom is 0.0597 e. The summed E-state index contributed by atoms with van der Waals surface area (Å²) in [7, 11) is 0. The first kappa shape index (κ1) is 14.7. The summed E-state index contributed by atoms with van der Waals surface area (Å²) in [5.74, 6) is 0. The molecule has 2 aromatic rings. The third kappa shape index (κ3) is 2.75. The van der Waals surface area contributed by atoms with E-state index >= 15 is 0 Å². The minimum Gasteiger partial charge on any atom is -0.306 e. The summed E-state index contributed by atoms with van der Waals surface area (Å²) >= 11 is 0. The lowest BCUT2D eigenvalue weighted by atomic mass is 9.87. The van der Waals surface area contributed by atoms with E-state index in [0.717, 1.165) is 6.54 Å². The number of benzene rings is 1. The highest BCUT2D eigenvalue weighted by Crippen LogP contribution is 2.31. The number of nitrogens with zero attached hydrogens (tertiary/aromatic N) is 1. The van der Waals surface area contributed by atoms with Gasteiger partial charge < -0.3 is 5.32 Å². The van der Waals surface area contributed by atoms with Crippen molar-refractivity contribution < 1.29 is 0 Å². The topological polar surface area (TPSA) is 24.9 Å². The number of aromatic nitrogens is 1. The molecule has 20 heavy (non-hydrogen) atoms. The van der Waals surface area contributed by atoms with Crippen molar-refractivity contribution in [1.29, 1.82) is 0 Å². The maximum atomic E-state index is 4.28. The predicted octanol–water partition coefficient (Wildman–Crippen LogP) is 4.01. The molecule has 0 amide bonds. The van der Waals surface area contributed by atoms with Crippen LogP contribution in [-0.4, -0.2) is 11.5 Å². The van der Waals surface area contributed by atoms with E-state index < -0.39 is 0 Å². The third-order valence-electron chi connectivity index (χ3n) is 4.14. The lowest BCUT2D eigenvalue weighted by Gasteiger charge is -2.25. The molecular formula is C18H24N2. The number of rotatable bonds is 4. The van der Waals surface area contributed by atoms with E-state index in [1.165, 1.54) is 33.4 Å². The summed E-state index contributed by atoms with van der Waals surface area (Å²) < 4.78 is 0. The summed E-state index contributed by atoms with van der Waals surface area (Å²) in [5.41, 5.74) is 8.10. The standard InChI is InChI=1S/C18H24N2/c1-6-20-18(16-8-7-9-19-11-16)17-14(4)12(2)10-13(3)15(17)5/h7-11,18,20H,6H2,1-5H3. The molecule has 2 heteroatoms. The molecule has 106 valence electrons. The van der Waals surface area contributed by atoms with Gasteiger partial charge in [0.15, 0.2) is 0 Å². The van der Waals surface area contributed by atoms with E-state index in [9.17, 15) is 0 Å². The molecule has 1 unspecified atom stereocenters. The van der Waals surface area contributed by atoms with Crippen LogP contribution in [0, 0.1) is 27.7 Å². The van der Waals surface area contributed by atoms with Gasteiger partial charge in [-0.1, -0.05) is 19.1 Å². The lowest BCUT2D eigenvalue weighted by Crippen LogP contribution is -2.24. The molecule has 2 nitrogen and oxygen atoms in total. The Morgan fingerprint density at radius 3 is 2.25 bits per heavy atom. The van der Waals surface area contributed by atoms with E-state index in [0.29, 0.717) is 0 Å². The fraction of sp³-hybridized carbons (Fsp3) is 0.389. The van der Waals surface area contributed by atoms with Gasteiger partial charge in [-0.25, -0.2) is 0 Å². The minimum atomic E-state index is 0.215. The Morgan fingerprint density at radius 1 is 1.10 bits per heavy atom. The first-order valence-electron chi connectivity index (χ1n) is 7.26. The summed E-state index contributed by atoms with van der Waals surface area (Å²) in [6.07, 6.45) is 3.79. The highest BCUT2D eigenvalue weighted by Gasteiger charge is 2.19. The number of pyridine rings is 1. The molecule has 0 saturated heterocycles. The van der Waals surface area contributed by atoms with Crippen LogP contribution in [-0.2, 0) is 0 Å². The number of hydrogen-bond acceptors (Lipinski definition) is 2. The van der Waals surface area contributed by atoms with Crippen molar-refractivity contribution in [2.45, 2.75) is 40.7 Å². The van der Waals surface area contributed by atoms with Gasteiger partial charge in [-0.2, -0.15) is 0 Å². The van der Waals surface area contributed by atoms with Crippen LogP contribution in [0.5, 0.6) is 0 Å². The highest BCUT2D eigenvalue weighted by atomic mass is 14.9. The number of nitrogens with one attached hydrogen (secondary N) is 1. The van der Waals surface area contributed by atoms with Crippen molar-refractivity contribution in [3.8, 4) is 0 Å². The molecule has 0 bridgehead atoms. The Kier molecular flexibility index (Phi) is 4.56. The average Bonchev–Trinajstić information content (AvgIpc) is 2.45. The normalized spacial score (nSPS) is 12.4. The van der Waals surface area contributed by atoms with Gasteiger partial charge >= 0.3 is 0 Å². The first-order valence-corrected chi connectivity index (χ1v) is 7.26. The SMILES string of the molecule is CCNC(c1cccnc1)c1c(C)c(C)cc(C)c1C. The van der Waals surface area contributed by atoms with Crippen LogP contribution in [0.1, 0.15) is 46.3 Å². The third-order valence-corrected chi connectivity index (χ3v) is 4.14. The Morgan fingerprint density at radius 2 is 1.75 bits per heavy atom. The summed E-state index contributed by atoms with van der Waals surface area (Å²) in [4.78, 5) is 4.28. The van der Waals surface area contributed by atoms with Gasteiger partial charge in [0, 0.05) is 12.4 Å². The molecule has 0 spiro atoms. The second kappa shape index (κ2) is 6.19. The first-order chi connectivity index (χ1) is 9.56. The van der Waals surface area contributed by atoms with Crippen molar-refractivity contribution in [1.82, 2.24) is 10.3 Å². The van der Waals surface area contributed by atoms with Gasteiger partial charge in [0.1, 0.15) is 0 Å². The summed E-state index contributed by atoms with van der Waals surface area (Å²) in [6.45, 7) is 11.9. The van der Waals surface area contributed by atoms with E-state index in [1.54, 1.807) is 0 Å². The molecule has 1 aromatic carbocycles. The molecule has 2 rings (SSSR count). The predicted molar refractivity (Wildman–Crippen MR) is 85.1 cm³/mol. The van der Waals surface area contributed by atoms with E-state index in [-0.39, 0.29) is 6.04 Å². The zero-order valence-corrected chi connectivity index (χ0v) is 13.1. The molecule has 1 atom stereocenters. The number of aryl methyl sites for hydroxylation is 2. The maximum absolute atomic E-state index is 4.28. The molecule has 1 N–H and O–H groups in total. The van der Waals surface area contributed by atoms with Gasteiger partial charge in [0.2, 0.25) is 0 Å². The lowest BCUT2D eigenvalue weighted by molar-refractivity contribution is 0.621. The Bertz CT molecular complexity index is 562. The molecule has 1 heterocycles. The van der Waals surface area contributed by atoms with E-state index in [1.807, 2.05) is 18.5 Å². The number of hydrogen-bond donors (Lipinski definition) is 1. The van der Waals surface area contributed by atoms with Gasteiger partial charge in [0.25, 0.3) is 0 Å². The van der Waals surface area contributed by atoms with Gasteiger partial charge in [0.05, 0.1) is 6.04 Å². The Labute approximate surface area is 122 Å². The zero-order valence-electron chi connectivity index (χ0n) is 13.1. The van der Waals surface area contributed by atoms with Gasteiger partial charge in [-0.05, 0) is 73.7 Å². The smallest absolute Gasteiger partial charge is 0.0597 e. The highest BCUT2D eigenvalue weighted by molar-refractivity contribution is 5.48. The van der Waals surface area contributed by atoms with Crippen molar-refractivity contribution in [3.05, 3.63) is 64.0 Å². The van der Waals surface area contributed by atoms with E-state index in [4.69, 9.17) is 0 Å². The molecular weight excluding hydrogens is 244 g/mol. The van der Waals surface area contributed by atoms with Crippen molar-refractivity contribution in [3.63, 3.8) is 0 Å². The van der Waals surface area contributed by atoms with Gasteiger partial charge in [-0.3, -0.25) is 4.98 Å². The minimum absolute atomic E-state index is 0.215. The second-order valence-electron chi connectivity index (χ2n) is 5.45. The van der Waals surface area contributed by atoms with Crippen LogP contribution in [0.15, 0.2) is 30.6 Å². The van der Waals surface area contributed by atoms with Crippen molar-refractivity contribution >= 4 is 0 Å². The molecule has 0 aliphatic rings. The van der Waals surface area contributed by atoms with Crippen LogP contribution >= 0.6 is 0 Å². The molecule has 1 aromatic heterocycles. The van der Waals surface area contributed by atoms with Crippen molar-refractivity contribution in [2.24, 2.45) is 0 Å². The largest absolute Gasteiger partial charge is 0.306 e. The van der Waals surface area contributed by atoms with Crippen molar-refractivity contribution in [2.75, 3.05) is 6.54 Å². The Balaban J connectivity index is 2.61. The van der Waals surface area contributed by atoms with Crippen LogP contribution < -0.4 is 5.32 Å². The quantitative estimate of drug-likeness (QED) is 0.906. The Hall–Kier alpha value is -1.67. The fourth-order valence-corrected chi connectivity index (χ4v) is 2.82. The molecule has 0 aliphatic carbocycles. The fourth-order valence-electron chi connectivity index (χ4n) is 2.82. The molecule has 0 aliphatic heterocycles. The van der Waals surface area contributed by atoms with Crippen LogP contribution in [0.25, 0.3) is 0 Å². The van der Waals surface area contributed by atoms with Crippen LogP contribution in [0.3, 0.4) is 0 Å². The average molecular weight is 268 g/mol. The molecule has 0 saturated carbocycles. The zero-order chi connectivity index (χ0) is 14.7. The van der Waals surface area contributed by atoms with Gasteiger partial charge in [-0.15, -0.1) is 0 Å². The van der Waals surface area contributed by atoms with Crippen LogP contribution in [0.4, 0.5) is 0 Å².